The van der Waals surface area contributed by atoms with Crippen molar-refractivity contribution in [3.8, 4) is 5.75 Å². The minimum absolute atomic E-state index is 0.0643. The van der Waals surface area contributed by atoms with Gasteiger partial charge in [-0.1, -0.05) is 12.1 Å². The summed E-state index contributed by atoms with van der Waals surface area (Å²) >= 11 is 0. The Balaban J connectivity index is 2.28. The van der Waals surface area contributed by atoms with Crippen LogP contribution in [0.5, 0.6) is 5.75 Å². The molecule has 0 spiro atoms. The molecule has 2 atom stereocenters. The lowest BCUT2D eigenvalue weighted by molar-refractivity contribution is -0.133. The van der Waals surface area contributed by atoms with Crippen LogP contribution in [0.15, 0.2) is 24.3 Å². The predicted molar refractivity (Wildman–Crippen MR) is 84.1 cm³/mol. The molecule has 1 aromatic rings. The van der Waals surface area contributed by atoms with E-state index in [0.29, 0.717) is 6.42 Å². The zero-order valence-corrected chi connectivity index (χ0v) is 13.6. The quantitative estimate of drug-likeness (QED) is 0.931. The second-order valence-corrected chi connectivity index (χ2v) is 6.98. The van der Waals surface area contributed by atoms with E-state index >= 15 is 0 Å². The Bertz CT molecular complexity index is 503. The molecule has 4 nitrogen and oxygen atoms in total. The molecule has 1 aliphatic heterocycles. The largest absolute Gasteiger partial charge is 0.491 e. The first-order valence-corrected chi connectivity index (χ1v) is 7.54. The number of benzene rings is 1. The zero-order chi connectivity index (χ0) is 15.8. The lowest BCUT2D eigenvalue weighted by Gasteiger charge is -2.38. The third kappa shape index (κ3) is 3.38. The summed E-state index contributed by atoms with van der Waals surface area (Å²) in [4.78, 5) is 14.2. The van der Waals surface area contributed by atoms with Gasteiger partial charge in [-0.2, -0.15) is 0 Å². The van der Waals surface area contributed by atoms with Crippen LogP contribution in [0.25, 0.3) is 0 Å². The molecule has 1 saturated heterocycles. The van der Waals surface area contributed by atoms with E-state index < -0.39 is 0 Å². The molecule has 2 rings (SSSR count). The molecule has 0 saturated carbocycles. The molecular weight excluding hydrogens is 264 g/mol. The van der Waals surface area contributed by atoms with Crippen molar-refractivity contribution in [2.24, 2.45) is 5.73 Å². The lowest BCUT2D eigenvalue weighted by Crippen LogP contribution is -2.45. The van der Waals surface area contributed by atoms with E-state index in [0.717, 1.165) is 11.3 Å². The van der Waals surface area contributed by atoms with Gasteiger partial charge in [0, 0.05) is 18.0 Å². The summed E-state index contributed by atoms with van der Waals surface area (Å²) in [7, 11) is 0. The number of rotatable bonds is 3. The van der Waals surface area contributed by atoms with Gasteiger partial charge in [0.1, 0.15) is 5.75 Å². The molecule has 0 aromatic heterocycles. The van der Waals surface area contributed by atoms with Gasteiger partial charge in [-0.05, 0) is 52.3 Å². The van der Waals surface area contributed by atoms with Crippen LogP contribution in [0, 0.1) is 0 Å². The number of hydrogen-bond donors (Lipinski definition) is 1. The van der Waals surface area contributed by atoms with Crippen molar-refractivity contribution >= 4 is 5.91 Å². The molecule has 116 valence electrons. The van der Waals surface area contributed by atoms with Gasteiger partial charge in [-0.15, -0.1) is 0 Å². The van der Waals surface area contributed by atoms with Gasteiger partial charge in [0.25, 0.3) is 0 Å². The minimum Gasteiger partial charge on any atom is -0.491 e. The average molecular weight is 290 g/mol. The molecule has 2 N–H and O–H groups in total. The molecule has 4 heteroatoms. The van der Waals surface area contributed by atoms with Crippen molar-refractivity contribution in [1.82, 2.24) is 4.90 Å². The van der Waals surface area contributed by atoms with Crippen molar-refractivity contribution < 1.29 is 9.53 Å². The van der Waals surface area contributed by atoms with Crippen LogP contribution in [0.4, 0.5) is 0 Å². The van der Waals surface area contributed by atoms with Crippen molar-refractivity contribution in [2.75, 3.05) is 0 Å². The molecule has 21 heavy (non-hydrogen) atoms. The number of ether oxygens (including phenoxy) is 1. The Morgan fingerprint density at radius 1 is 1.24 bits per heavy atom. The van der Waals surface area contributed by atoms with E-state index in [1.54, 1.807) is 0 Å². The van der Waals surface area contributed by atoms with Crippen LogP contribution in [0.1, 0.15) is 52.6 Å². The van der Waals surface area contributed by atoms with Crippen LogP contribution in [-0.2, 0) is 4.79 Å². The zero-order valence-electron chi connectivity index (χ0n) is 13.6. The van der Waals surface area contributed by atoms with E-state index in [1.165, 1.54) is 0 Å². The summed E-state index contributed by atoms with van der Waals surface area (Å²) < 4.78 is 5.66. The first-order valence-electron chi connectivity index (χ1n) is 7.54. The highest BCUT2D eigenvalue weighted by Gasteiger charge is 2.43. The van der Waals surface area contributed by atoms with Crippen molar-refractivity contribution in [3.05, 3.63) is 29.8 Å². The van der Waals surface area contributed by atoms with E-state index in [9.17, 15) is 4.79 Å². The first kappa shape index (κ1) is 15.8. The Kier molecular flexibility index (Phi) is 4.28. The Morgan fingerprint density at radius 3 is 2.29 bits per heavy atom. The van der Waals surface area contributed by atoms with Crippen LogP contribution in [0.3, 0.4) is 0 Å². The third-order valence-electron chi connectivity index (χ3n) is 3.68. The number of carbonyl (C=O) groups excluding carboxylic acids is 1. The lowest BCUT2D eigenvalue weighted by atomic mass is 9.97. The normalized spacial score (nSPS) is 23.0. The summed E-state index contributed by atoms with van der Waals surface area (Å²) in [6.45, 7) is 10.1. The summed E-state index contributed by atoms with van der Waals surface area (Å²) in [5, 5.41) is 0. The Hall–Kier alpha value is -1.55. The van der Waals surface area contributed by atoms with Gasteiger partial charge in [0.2, 0.25) is 5.91 Å². The average Bonchev–Trinajstić information content (AvgIpc) is 2.64. The smallest absolute Gasteiger partial charge is 0.225 e. The fourth-order valence-corrected chi connectivity index (χ4v) is 2.96. The molecule has 0 bridgehead atoms. The molecule has 0 radical (unpaired) electrons. The van der Waals surface area contributed by atoms with Gasteiger partial charge in [0.15, 0.2) is 0 Å². The summed E-state index contributed by atoms with van der Waals surface area (Å²) in [6, 6.07) is 7.70. The second-order valence-electron chi connectivity index (χ2n) is 6.98. The Labute approximate surface area is 127 Å². The van der Waals surface area contributed by atoms with Crippen molar-refractivity contribution in [1.29, 1.82) is 0 Å². The van der Waals surface area contributed by atoms with Gasteiger partial charge in [0.05, 0.1) is 12.1 Å². The standard InChI is InChI=1S/C17H26N2O2/c1-11(2)21-13-8-6-12(7-9-13)16-14(18)10-15(20)19(16)17(3,4)5/h6-9,11,14,16H,10,18H2,1-5H3. The summed E-state index contributed by atoms with van der Waals surface area (Å²) in [6.07, 6.45) is 0.559. The molecular formula is C17H26N2O2. The maximum absolute atomic E-state index is 12.2. The highest BCUT2D eigenvalue weighted by atomic mass is 16.5. The summed E-state index contributed by atoms with van der Waals surface area (Å²) in [5.41, 5.74) is 7.05. The predicted octanol–water partition coefficient (Wildman–Crippen LogP) is 2.87. The molecule has 2 unspecified atom stereocenters. The summed E-state index contributed by atoms with van der Waals surface area (Å²) in [5.74, 6) is 0.969. The van der Waals surface area contributed by atoms with Gasteiger partial charge < -0.3 is 15.4 Å². The number of nitrogens with two attached hydrogens (primary N) is 1. The molecule has 1 amide bonds. The van der Waals surface area contributed by atoms with E-state index in [4.69, 9.17) is 10.5 Å². The maximum Gasteiger partial charge on any atom is 0.225 e. The molecule has 0 aliphatic carbocycles. The molecule has 1 aromatic carbocycles. The van der Waals surface area contributed by atoms with Crippen LogP contribution < -0.4 is 10.5 Å². The topological polar surface area (TPSA) is 55.6 Å². The molecule has 1 heterocycles. The number of likely N-dealkylation sites (tertiary alicyclic amines) is 1. The fraction of sp³-hybridized carbons (Fsp3) is 0.588. The monoisotopic (exact) mass is 290 g/mol. The maximum atomic E-state index is 12.2. The number of amides is 1. The second kappa shape index (κ2) is 5.68. The minimum atomic E-state index is -0.233. The van der Waals surface area contributed by atoms with Crippen LogP contribution in [-0.4, -0.2) is 28.5 Å². The fourth-order valence-electron chi connectivity index (χ4n) is 2.96. The SMILES string of the molecule is CC(C)Oc1ccc(C2C(N)CC(=O)N2C(C)(C)C)cc1. The van der Waals surface area contributed by atoms with E-state index in [-0.39, 0.29) is 29.6 Å². The highest BCUT2D eigenvalue weighted by molar-refractivity contribution is 5.81. The Morgan fingerprint density at radius 2 is 1.81 bits per heavy atom. The third-order valence-corrected chi connectivity index (χ3v) is 3.68. The van der Waals surface area contributed by atoms with Crippen molar-refractivity contribution in [2.45, 2.75) is 64.8 Å². The number of nitrogens with zero attached hydrogens (tertiary/aromatic N) is 1. The highest BCUT2D eigenvalue weighted by Crippen LogP contribution is 2.37. The first-order chi connectivity index (χ1) is 9.70. The van der Waals surface area contributed by atoms with Gasteiger partial charge in [-0.3, -0.25) is 4.79 Å². The number of hydrogen-bond acceptors (Lipinski definition) is 3. The van der Waals surface area contributed by atoms with E-state index in [2.05, 4.69) is 0 Å². The molecule has 1 fully saturated rings. The van der Waals surface area contributed by atoms with Gasteiger partial charge >= 0.3 is 0 Å². The molecule has 1 aliphatic rings. The van der Waals surface area contributed by atoms with Crippen molar-refractivity contribution in [3.63, 3.8) is 0 Å². The number of carbonyl (C=O) groups is 1. The van der Waals surface area contributed by atoms with E-state index in [1.807, 2.05) is 63.8 Å². The van der Waals surface area contributed by atoms with Gasteiger partial charge in [-0.25, -0.2) is 0 Å². The van der Waals surface area contributed by atoms with Crippen LogP contribution >= 0.6 is 0 Å². The van der Waals surface area contributed by atoms with Crippen LogP contribution in [0.2, 0.25) is 0 Å².